The molecule has 2 heterocycles. The summed E-state index contributed by atoms with van der Waals surface area (Å²) in [6.45, 7) is 2.56. The number of aliphatic hydroxyl groups excluding tert-OH is 1. The van der Waals surface area contributed by atoms with E-state index >= 15 is 0 Å². The van der Waals surface area contributed by atoms with Crippen molar-refractivity contribution in [3.05, 3.63) is 40.6 Å². The van der Waals surface area contributed by atoms with E-state index in [4.69, 9.17) is 0 Å². The van der Waals surface area contributed by atoms with Crippen molar-refractivity contribution in [3.63, 3.8) is 0 Å². The second-order valence-corrected chi connectivity index (χ2v) is 5.62. The molecule has 1 saturated carbocycles. The van der Waals surface area contributed by atoms with Gasteiger partial charge in [-0.2, -0.15) is 5.10 Å². The lowest BCUT2D eigenvalue weighted by atomic mass is 10.1. The molecule has 0 amide bonds. The quantitative estimate of drug-likeness (QED) is 0.763. The fourth-order valence-electron chi connectivity index (χ4n) is 2.92. The molecule has 0 aromatic carbocycles. The number of rotatable bonds is 4. The van der Waals surface area contributed by atoms with Crippen LogP contribution in [0.1, 0.15) is 18.5 Å². The molecule has 3 atom stereocenters. The molecule has 2 aromatic heterocycles. The van der Waals surface area contributed by atoms with E-state index in [1.165, 1.54) is 6.07 Å². The number of aromatic amines is 1. The molecule has 1 unspecified atom stereocenters. The number of hydrogen-bond donors (Lipinski definition) is 3. The van der Waals surface area contributed by atoms with Gasteiger partial charge in [-0.1, -0.05) is 0 Å². The first-order chi connectivity index (χ1) is 10.1. The minimum absolute atomic E-state index is 0.101. The van der Waals surface area contributed by atoms with Crippen molar-refractivity contribution < 1.29 is 5.11 Å². The molecule has 0 spiro atoms. The van der Waals surface area contributed by atoms with Gasteiger partial charge in [0.2, 0.25) is 5.95 Å². The van der Waals surface area contributed by atoms with Gasteiger partial charge in [0, 0.05) is 30.7 Å². The Balaban J connectivity index is 1.65. The first kappa shape index (κ1) is 13.8. The Morgan fingerprint density at radius 2 is 2.38 bits per heavy atom. The van der Waals surface area contributed by atoms with Crippen molar-refractivity contribution in [2.45, 2.75) is 38.5 Å². The number of aromatic nitrogens is 4. The molecule has 7 heteroatoms. The standard InChI is InChI=1S/C14H19N5O2/c1-9-5-13(21)18-14(16-9)17-11-6-10(7-12(11)20)8-19-4-2-3-15-19/h2-5,10-12,20H,6-8H2,1H3,(H2,16,17,18,21)/t10?,11-,12-/m1/s1. The van der Waals surface area contributed by atoms with Gasteiger partial charge in [0.15, 0.2) is 0 Å². The summed E-state index contributed by atoms with van der Waals surface area (Å²) in [5.74, 6) is 0.776. The van der Waals surface area contributed by atoms with E-state index < -0.39 is 6.10 Å². The lowest BCUT2D eigenvalue weighted by Crippen LogP contribution is -2.30. The second kappa shape index (κ2) is 5.69. The van der Waals surface area contributed by atoms with Crippen LogP contribution in [0.2, 0.25) is 0 Å². The van der Waals surface area contributed by atoms with Crippen molar-refractivity contribution in [1.82, 2.24) is 19.7 Å². The van der Waals surface area contributed by atoms with E-state index in [0.29, 0.717) is 24.0 Å². The van der Waals surface area contributed by atoms with Gasteiger partial charge in [-0.3, -0.25) is 14.5 Å². The average molecular weight is 289 g/mol. The minimum Gasteiger partial charge on any atom is -0.391 e. The molecule has 0 saturated heterocycles. The Labute approximate surface area is 122 Å². The minimum atomic E-state index is -0.448. The first-order valence-electron chi connectivity index (χ1n) is 7.10. The Bertz CT molecular complexity index is 652. The zero-order valence-electron chi connectivity index (χ0n) is 11.9. The highest BCUT2D eigenvalue weighted by Gasteiger charge is 2.33. The Morgan fingerprint density at radius 1 is 1.52 bits per heavy atom. The number of hydrogen-bond acceptors (Lipinski definition) is 5. The molecule has 0 bridgehead atoms. The van der Waals surface area contributed by atoms with Gasteiger partial charge < -0.3 is 10.4 Å². The lowest BCUT2D eigenvalue weighted by molar-refractivity contribution is 0.165. The highest BCUT2D eigenvalue weighted by Crippen LogP contribution is 2.29. The van der Waals surface area contributed by atoms with E-state index in [-0.39, 0.29) is 11.6 Å². The van der Waals surface area contributed by atoms with Crippen LogP contribution in [0, 0.1) is 12.8 Å². The van der Waals surface area contributed by atoms with Gasteiger partial charge in [0.25, 0.3) is 5.56 Å². The summed E-state index contributed by atoms with van der Waals surface area (Å²) < 4.78 is 1.88. The fourth-order valence-corrected chi connectivity index (χ4v) is 2.92. The summed E-state index contributed by atoms with van der Waals surface area (Å²) in [6.07, 6.45) is 4.76. The molecule has 112 valence electrons. The number of nitrogens with zero attached hydrogens (tertiary/aromatic N) is 3. The molecule has 21 heavy (non-hydrogen) atoms. The van der Waals surface area contributed by atoms with Gasteiger partial charge in [-0.25, -0.2) is 4.98 Å². The van der Waals surface area contributed by atoms with Crippen LogP contribution >= 0.6 is 0 Å². The molecule has 3 N–H and O–H groups in total. The topological polar surface area (TPSA) is 95.8 Å². The Hall–Kier alpha value is -2.15. The van der Waals surface area contributed by atoms with Crippen LogP contribution in [0.3, 0.4) is 0 Å². The third-order valence-electron chi connectivity index (χ3n) is 3.82. The zero-order valence-corrected chi connectivity index (χ0v) is 11.9. The Morgan fingerprint density at radius 3 is 3.10 bits per heavy atom. The van der Waals surface area contributed by atoms with E-state index in [1.807, 2.05) is 16.9 Å². The first-order valence-corrected chi connectivity index (χ1v) is 7.10. The SMILES string of the molecule is Cc1cc(=O)[nH]c(N[C@@H]2CC(Cn3cccn3)C[C@H]2O)n1. The second-order valence-electron chi connectivity index (χ2n) is 5.62. The van der Waals surface area contributed by atoms with E-state index in [9.17, 15) is 9.90 Å². The molecule has 1 fully saturated rings. The monoisotopic (exact) mass is 289 g/mol. The number of aliphatic hydroxyl groups is 1. The molecule has 1 aliphatic carbocycles. The summed E-state index contributed by atoms with van der Waals surface area (Å²) in [7, 11) is 0. The summed E-state index contributed by atoms with van der Waals surface area (Å²) in [4.78, 5) is 18.3. The van der Waals surface area contributed by atoms with Crippen LogP contribution in [0.15, 0.2) is 29.3 Å². The fraction of sp³-hybridized carbons (Fsp3) is 0.500. The van der Waals surface area contributed by atoms with Gasteiger partial charge in [0.05, 0.1) is 12.1 Å². The highest BCUT2D eigenvalue weighted by molar-refractivity contribution is 5.27. The molecule has 1 aliphatic rings. The van der Waals surface area contributed by atoms with Crippen molar-refractivity contribution >= 4 is 5.95 Å². The van der Waals surface area contributed by atoms with Gasteiger partial charge in [-0.15, -0.1) is 0 Å². The van der Waals surface area contributed by atoms with Crippen LogP contribution in [-0.2, 0) is 6.54 Å². The molecule has 2 aromatic rings. The van der Waals surface area contributed by atoms with Crippen LogP contribution in [0.5, 0.6) is 0 Å². The Kier molecular flexibility index (Phi) is 3.74. The van der Waals surface area contributed by atoms with Crippen molar-refractivity contribution in [3.8, 4) is 0 Å². The zero-order chi connectivity index (χ0) is 14.8. The average Bonchev–Trinajstić information content (AvgIpc) is 3.00. The lowest BCUT2D eigenvalue weighted by Gasteiger charge is -2.16. The van der Waals surface area contributed by atoms with E-state index in [0.717, 1.165) is 13.0 Å². The normalized spacial score (nSPS) is 25.1. The smallest absolute Gasteiger partial charge is 0.252 e. The largest absolute Gasteiger partial charge is 0.391 e. The van der Waals surface area contributed by atoms with Crippen molar-refractivity contribution in [1.29, 1.82) is 0 Å². The summed E-state index contributed by atoms with van der Waals surface area (Å²) in [5.41, 5.74) is 0.465. The van der Waals surface area contributed by atoms with Crippen LogP contribution < -0.4 is 10.9 Å². The summed E-state index contributed by atoms with van der Waals surface area (Å²) >= 11 is 0. The van der Waals surface area contributed by atoms with E-state index in [2.05, 4.69) is 20.4 Å². The van der Waals surface area contributed by atoms with Crippen molar-refractivity contribution in [2.24, 2.45) is 5.92 Å². The third-order valence-corrected chi connectivity index (χ3v) is 3.82. The third kappa shape index (κ3) is 3.30. The molecule has 0 radical (unpaired) electrons. The van der Waals surface area contributed by atoms with Gasteiger partial charge in [-0.05, 0) is 31.7 Å². The number of anilines is 1. The number of H-pyrrole nitrogens is 1. The highest BCUT2D eigenvalue weighted by atomic mass is 16.3. The predicted molar refractivity (Wildman–Crippen MR) is 78.0 cm³/mol. The molecular weight excluding hydrogens is 270 g/mol. The summed E-state index contributed by atoms with van der Waals surface area (Å²) in [6, 6.07) is 3.23. The van der Waals surface area contributed by atoms with Gasteiger partial charge >= 0.3 is 0 Å². The molecule has 0 aliphatic heterocycles. The molecule has 7 nitrogen and oxygen atoms in total. The maximum atomic E-state index is 11.4. The maximum absolute atomic E-state index is 11.4. The van der Waals surface area contributed by atoms with Crippen LogP contribution in [-0.4, -0.2) is 37.0 Å². The maximum Gasteiger partial charge on any atom is 0.252 e. The van der Waals surface area contributed by atoms with Gasteiger partial charge in [0.1, 0.15) is 0 Å². The van der Waals surface area contributed by atoms with Crippen LogP contribution in [0.25, 0.3) is 0 Å². The molecule has 3 rings (SSSR count). The van der Waals surface area contributed by atoms with Crippen LogP contribution in [0.4, 0.5) is 5.95 Å². The van der Waals surface area contributed by atoms with E-state index in [1.54, 1.807) is 13.1 Å². The molecular formula is C14H19N5O2. The number of aryl methyl sites for hydroxylation is 1. The summed E-state index contributed by atoms with van der Waals surface area (Å²) in [5, 5.41) is 17.5. The predicted octanol–water partition coefficient (Wildman–Crippen LogP) is 0.526. The number of nitrogens with one attached hydrogen (secondary N) is 2. The van der Waals surface area contributed by atoms with Crippen molar-refractivity contribution in [2.75, 3.05) is 5.32 Å².